The number of hydrogen-bond donors (Lipinski definition) is 3. The summed E-state index contributed by atoms with van der Waals surface area (Å²) in [6.07, 6.45) is 0. The van der Waals surface area contributed by atoms with Crippen LogP contribution in [-0.4, -0.2) is 23.9 Å². The molecule has 1 aromatic carbocycles. The first-order valence-electron chi connectivity index (χ1n) is 4.53. The van der Waals surface area contributed by atoms with E-state index in [-0.39, 0.29) is 16.8 Å². The Hall–Kier alpha value is -1.69. The molecule has 0 saturated carbocycles. The van der Waals surface area contributed by atoms with Crippen LogP contribution in [0.1, 0.15) is 0 Å². The lowest BCUT2D eigenvalue weighted by atomic mass is 10.3. The van der Waals surface area contributed by atoms with Crippen LogP contribution in [0.4, 0.5) is 5.69 Å². The number of ether oxygens (including phenoxy) is 1. The van der Waals surface area contributed by atoms with Crippen molar-refractivity contribution < 1.29 is 9.53 Å². The molecule has 0 aliphatic rings. The van der Waals surface area contributed by atoms with Crippen LogP contribution in [0, 0.1) is 5.41 Å². The molecule has 86 valence electrons. The van der Waals surface area contributed by atoms with Crippen LogP contribution in [0.15, 0.2) is 24.3 Å². The average Bonchev–Trinajstić information content (AvgIpc) is 2.27. The standard InChI is InChI=1S/C10H13N3O2S/c1-15-8-5-3-2-4-7(8)13-9(14)6-16-10(11)12/h2-5H,6H2,1H3,(H3,11,12)(H,13,14). The van der Waals surface area contributed by atoms with Crippen LogP contribution in [0.2, 0.25) is 0 Å². The number of carbonyl (C=O) groups is 1. The Balaban J connectivity index is 2.58. The maximum atomic E-state index is 11.4. The van der Waals surface area contributed by atoms with Gasteiger partial charge in [0.1, 0.15) is 5.75 Å². The van der Waals surface area contributed by atoms with Crippen molar-refractivity contribution in [2.75, 3.05) is 18.2 Å². The van der Waals surface area contributed by atoms with Crippen LogP contribution in [0.5, 0.6) is 5.75 Å². The van der Waals surface area contributed by atoms with E-state index in [9.17, 15) is 4.79 Å². The zero-order chi connectivity index (χ0) is 12.0. The van der Waals surface area contributed by atoms with Crippen LogP contribution in [0.3, 0.4) is 0 Å². The van der Waals surface area contributed by atoms with Gasteiger partial charge in [-0.25, -0.2) is 0 Å². The van der Waals surface area contributed by atoms with Crippen molar-refractivity contribution >= 4 is 28.5 Å². The molecule has 0 aliphatic heterocycles. The molecule has 0 aromatic heterocycles. The Morgan fingerprint density at radius 1 is 1.56 bits per heavy atom. The van der Waals surface area contributed by atoms with E-state index >= 15 is 0 Å². The van der Waals surface area contributed by atoms with Crippen LogP contribution >= 0.6 is 11.8 Å². The lowest BCUT2D eigenvalue weighted by Crippen LogP contribution is -2.17. The molecule has 0 saturated heterocycles. The third-order valence-electron chi connectivity index (χ3n) is 1.74. The summed E-state index contributed by atoms with van der Waals surface area (Å²) < 4.78 is 5.08. The van der Waals surface area contributed by atoms with Crippen LogP contribution in [0.25, 0.3) is 0 Å². The van der Waals surface area contributed by atoms with Crippen molar-refractivity contribution in [3.05, 3.63) is 24.3 Å². The number of carbonyl (C=O) groups excluding carboxylic acids is 1. The summed E-state index contributed by atoms with van der Waals surface area (Å²) in [5.74, 6) is 0.501. The zero-order valence-electron chi connectivity index (χ0n) is 8.82. The summed E-state index contributed by atoms with van der Waals surface area (Å²) in [5.41, 5.74) is 5.74. The lowest BCUT2D eigenvalue weighted by molar-refractivity contribution is -0.113. The highest BCUT2D eigenvalue weighted by Gasteiger charge is 2.07. The van der Waals surface area contributed by atoms with Gasteiger partial charge < -0.3 is 15.8 Å². The first-order chi connectivity index (χ1) is 7.63. The molecular weight excluding hydrogens is 226 g/mol. The van der Waals surface area contributed by atoms with Gasteiger partial charge in [-0.2, -0.15) is 0 Å². The smallest absolute Gasteiger partial charge is 0.234 e. The summed E-state index contributed by atoms with van der Waals surface area (Å²) in [5, 5.41) is 9.59. The molecule has 0 unspecified atom stereocenters. The van der Waals surface area contributed by atoms with E-state index in [0.717, 1.165) is 11.8 Å². The molecule has 16 heavy (non-hydrogen) atoms. The zero-order valence-corrected chi connectivity index (χ0v) is 9.64. The van der Waals surface area contributed by atoms with Crippen molar-refractivity contribution in [2.45, 2.75) is 0 Å². The van der Waals surface area contributed by atoms with E-state index in [1.165, 1.54) is 7.11 Å². The SMILES string of the molecule is COc1ccccc1NC(=O)CSC(=N)N. The maximum Gasteiger partial charge on any atom is 0.234 e. The van der Waals surface area contributed by atoms with Crippen LogP contribution < -0.4 is 15.8 Å². The highest BCUT2D eigenvalue weighted by Crippen LogP contribution is 2.22. The van der Waals surface area contributed by atoms with Gasteiger partial charge in [0.25, 0.3) is 0 Å². The Kier molecular flexibility index (Phi) is 4.65. The molecule has 0 atom stereocenters. The van der Waals surface area contributed by atoms with Gasteiger partial charge in [-0.15, -0.1) is 0 Å². The molecule has 6 heteroatoms. The highest BCUT2D eigenvalue weighted by atomic mass is 32.2. The fraction of sp³-hybridized carbons (Fsp3) is 0.200. The second kappa shape index (κ2) is 6.02. The number of rotatable bonds is 4. The summed E-state index contributed by atoms with van der Waals surface area (Å²) in [6.45, 7) is 0. The fourth-order valence-electron chi connectivity index (χ4n) is 1.08. The molecule has 0 aliphatic carbocycles. The number of thioether (sulfide) groups is 1. The number of amidine groups is 1. The monoisotopic (exact) mass is 239 g/mol. The summed E-state index contributed by atoms with van der Waals surface area (Å²) in [6, 6.07) is 7.12. The van der Waals surface area contributed by atoms with Crippen molar-refractivity contribution in [1.82, 2.24) is 0 Å². The van der Waals surface area contributed by atoms with Gasteiger partial charge in [-0.1, -0.05) is 23.9 Å². The lowest BCUT2D eigenvalue weighted by Gasteiger charge is -2.09. The Morgan fingerprint density at radius 2 is 2.25 bits per heavy atom. The van der Waals surface area contributed by atoms with E-state index in [0.29, 0.717) is 11.4 Å². The minimum atomic E-state index is -0.218. The Labute approximate surface area is 97.9 Å². The first-order valence-corrected chi connectivity index (χ1v) is 5.51. The number of hydrogen-bond acceptors (Lipinski definition) is 4. The Bertz CT molecular complexity index is 395. The molecule has 1 rings (SSSR count). The minimum absolute atomic E-state index is 0.0739. The van der Waals surface area contributed by atoms with Gasteiger partial charge in [0, 0.05) is 0 Å². The van der Waals surface area contributed by atoms with Crippen molar-refractivity contribution in [2.24, 2.45) is 5.73 Å². The second-order valence-electron chi connectivity index (χ2n) is 2.90. The molecule has 5 nitrogen and oxygen atoms in total. The fourth-order valence-corrected chi connectivity index (χ4v) is 1.44. The van der Waals surface area contributed by atoms with E-state index in [2.05, 4.69) is 5.32 Å². The number of nitrogens with one attached hydrogen (secondary N) is 2. The van der Waals surface area contributed by atoms with Crippen molar-refractivity contribution in [1.29, 1.82) is 5.41 Å². The van der Waals surface area contributed by atoms with E-state index in [1.807, 2.05) is 6.07 Å². The van der Waals surface area contributed by atoms with E-state index in [4.69, 9.17) is 15.9 Å². The Morgan fingerprint density at radius 3 is 2.88 bits per heavy atom. The van der Waals surface area contributed by atoms with Crippen LogP contribution in [-0.2, 0) is 4.79 Å². The average molecular weight is 239 g/mol. The van der Waals surface area contributed by atoms with E-state index < -0.39 is 0 Å². The predicted molar refractivity (Wildman–Crippen MR) is 66.0 cm³/mol. The van der Waals surface area contributed by atoms with Gasteiger partial charge in [-0.3, -0.25) is 10.2 Å². The molecule has 0 bridgehead atoms. The third kappa shape index (κ3) is 3.82. The minimum Gasteiger partial charge on any atom is -0.495 e. The number of para-hydroxylation sites is 2. The quantitative estimate of drug-likeness (QED) is 0.545. The normalized spacial score (nSPS) is 9.56. The van der Waals surface area contributed by atoms with E-state index in [1.54, 1.807) is 18.2 Å². The first kappa shape index (κ1) is 12.4. The molecule has 1 aromatic rings. The molecule has 0 radical (unpaired) electrons. The highest BCUT2D eigenvalue weighted by molar-refractivity contribution is 8.14. The predicted octanol–water partition coefficient (Wildman–Crippen LogP) is 1.26. The van der Waals surface area contributed by atoms with Gasteiger partial charge in [0.2, 0.25) is 5.91 Å². The summed E-state index contributed by atoms with van der Waals surface area (Å²) >= 11 is 0.980. The second-order valence-corrected chi connectivity index (χ2v) is 3.92. The number of methoxy groups -OCH3 is 1. The largest absolute Gasteiger partial charge is 0.495 e. The summed E-state index contributed by atoms with van der Waals surface area (Å²) in [7, 11) is 1.54. The van der Waals surface area contributed by atoms with Gasteiger partial charge in [0.15, 0.2) is 5.17 Å². The van der Waals surface area contributed by atoms with Gasteiger partial charge >= 0.3 is 0 Å². The maximum absolute atomic E-state index is 11.4. The number of benzene rings is 1. The van der Waals surface area contributed by atoms with Gasteiger partial charge in [-0.05, 0) is 12.1 Å². The summed E-state index contributed by atoms with van der Waals surface area (Å²) in [4.78, 5) is 11.4. The molecule has 0 fully saturated rings. The number of nitrogens with two attached hydrogens (primary N) is 1. The third-order valence-corrected chi connectivity index (χ3v) is 2.46. The number of anilines is 1. The molecular formula is C10H13N3O2S. The molecule has 4 N–H and O–H groups in total. The topological polar surface area (TPSA) is 88.2 Å². The molecule has 0 spiro atoms. The van der Waals surface area contributed by atoms with Crippen molar-refractivity contribution in [3.8, 4) is 5.75 Å². The molecule has 1 amide bonds. The van der Waals surface area contributed by atoms with Crippen molar-refractivity contribution in [3.63, 3.8) is 0 Å². The van der Waals surface area contributed by atoms with Gasteiger partial charge in [0.05, 0.1) is 18.6 Å². The molecule has 0 heterocycles. The number of amides is 1.